The van der Waals surface area contributed by atoms with Crippen molar-refractivity contribution in [2.24, 2.45) is 0 Å². The molecule has 2 aromatic heterocycles. The van der Waals surface area contributed by atoms with Gasteiger partial charge in [-0.2, -0.15) is 18.4 Å². The highest BCUT2D eigenvalue weighted by Crippen LogP contribution is 2.24. The van der Waals surface area contributed by atoms with Gasteiger partial charge in [0.05, 0.1) is 11.6 Å². The highest BCUT2D eigenvalue weighted by Gasteiger charge is 2.29. The molecule has 140 valence electrons. The summed E-state index contributed by atoms with van der Waals surface area (Å²) in [7, 11) is 0. The minimum Gasteiger partial charge on any atom is -0.305 e. The van der Waals surface area contributed by atoms with Crippen LogP contribution >= 0.6 is 0 Å². The smallest absolute Gasteiger partial charge is 0.305 e. The molecule has 6 nitrogen and oxygen atoms in total. The molecule has 0 spiro atoms. The van der Waals surface area contributed by atoms with E-state index in [2.05, 4.69) is 23.1 Å². The number of alkyl halides is 3. The molecule has 0 atom stereocenters. The van der Waals surface area contributed by atoms with Gasteiger partial charge < -0.3 is 4.57 Å². The fraction of sp³-hybridized carbons (Fsp3) is 0.222. The van der Waals surface area contributed by atoms with Crippen LogP contribution in [0.2, 0.25) is 0 Å². The van der Waals surface area contributed by atoms with Crippen LogP contribution in [0.3, 0.4) is 0 Å². The van der Waals surface area contributed by atoms with Crippen molar-refractivity contribution >= 4 is 16.7 Å². The van der Waals surface area contributed by atoms with Gasteiger partial charge in [-0.05, 0) is 13.0 Å². The van der Waals surface area contributed by atoms with E-state index < -0.39 is 18.3 Å². The highest BCUT2D eigenvalue weighted by atomic mass is 19.4. The first-order valence-electron chi connectivity index (χ1n) is 7.80. The quantitative estimate of drug-likeness (QED) is 0.441. The molecule has 2 aromatic rings. The molecule has 0 saturated heterocycles. The van der Waals surface area contributed by atoms with E-state index in [1.54, 1.807) is 19.1 Å². The molecule has 2 heterocycles. The van der Waals surface area contributed by atoms with Crippen LogP contribution in [0.25, 0.3) is 16.7 Å². The number of hydrogen-bond acceptors (Lipinski definition) is 4. The van der Waals surface area contributed by atoms with Gasteiger partial charge in [0.2, 0.25) is 0 Å². The van der Waals surface area contributed by atoms with Crippen LogP contribution in [0.5, 0.6) is 0 Å². The monoisotopic (exact) mass is 375 g/mol. The first-order valence-corrected chi connectivity index (χ1v) is 7.80. The fourth-order valence-corrected chi connectivity index (χ4v) is 2.52. The lowest BCUT2D eigenvalue weighted by molar-refractivity contribution is -0.141. The molecule has 0 saturated carbocycles. The van der Waals surface area contributed by atoms with E-state index in [1.165, 1.54) is 16.7 Å². The average Bonchev–Trinajstić information content (AvgIpc) is 2.96. The number of nitrogens with zero attached hydrogens (tertiary/aromatic N) is 5. The van der Waals surface area contributed by atoms with Crippen LogP contribution in [0.1, 0.15) is 12.7 Å². The Morgan fingerprint density at radius 2 is 2.11 bits per heavy atom. The topological polar surface area (TPSA) is 76.5 Å². The van der Waals surface area contributed by atoms with Crippen LogP contribution in [0.15, 0.2) is 54.2 Å². The maximum Gasteiger partial charge on any atom is 0.406 e. The predicted octanol–water partition coefficient (Wildman–Crippen LogP) is 3.38. The number of nitriles is 1. The summed E-state index contributed by atoms with van der Waals surface area (Å²) in [5, 5.41) is 9.37. The molecule has 0 aromatic carbocycles. The Hall–Kier alpha value is -3.41. The van der Waals surface area contributed by atoms with Gasteiger partial charge >= 0.3 is 6.18 Å². The van der Waals surface area contributed by atoms with E-state index in [0.717, 1.165) is 6.33 Å². The lowest BCUT2D eigenvalue weighted by Gasteiger charge is -2.09. The molecule has 27 heavy (non-hydrogen) atoms. The number of imidazole rings is 1. The molecule has 2 rings (SSSR count). The van der Waals surface area contributed by atoms with E-state index >= 15 is 0 Å². The SMILES string of the molecule is C=CCn1c(/C(C=C)=C(C#N)/C=C\C)nc2c(=O)n(CC(F)(F)F)cnc21. The maximum absolute atomic E-state index is 12.7. The summed E-state index contributed by atoms with van der Waals surface area (Å²) in [6, 6.07) is 2.01. The zero-order valence-corrected chi connectivity index (χ0v) is 14.5. The van der Waals surface area contributed by atoms with Gasteiger partial charge in [0, 0.05) is 12.1 Å². The van der Waals surface area contributed by atoms with Gasteiger partial charge in [-0.1, -0.05) is 24.8 Å². The van der Waals surface area contributed by atoms with Gasteiger partial charge in [0.25, 0.3) is 5.56 Å². The van der Waals surface area contributed by atoms with Crippen LogP contribution in [0.4, 0.5) is 13.2 Å². The Balaban J connectivity index is 2.85. The van der Waals surface area contributed by atoms with Crippen molar-refractivity contribution in [3.05, 3.63) is 65.5 Å². The summed E-state index contributed by atoms with van der Waals surface area (Å²) in [5.74, 6) is 0.198. The summed E-state index contributed by atoms with van der Waals surface area (Å²) in [4.78, 5) is 20.6. The molecule has 0 bridgehead atoms. The van der Waals surface area contributed by atoms with Gasteiger partial charge in [0.1, 0.15) is 18.7 Å². The van der Waals surface area contributed by atoms with Gasteiger partial charge in [-0.3, -0.25) is 9.36 Å². The Morgan fingerprint density at radius 3 is 2.63 bits per heavy atom. The number of allylic oxidation sites excluding steroid dienone is 6. The third-order valence-electron chi connectivity index (χ3n) is 3.57. The number of aromatic nitrogens is 4. The number of halogens is 3. The van der Waals surface area contributed by atoms with E-state index in [1.807, 2.05) is 6.07 Å². The molecular formula is C18H16F3N5O. The molecule has 9 heteroatoms. The summed E-state index contributed by atoms with van der Waals surface area (Å²) in [6.07, 6.45) is 2.38. The second-order valence-corrected chi connectivity index (χ2v) is 5.44. The van der Waals surface area contributed by atoms with Crippen molar-refractivity contribution in [3.63, 3.8) is 0 Å². The minimum absolute atomic E-state index is 0.102. The van der Waals surface area contributed by atoms with Gasteiger partial charge in [0.15, 0.2) is 11.2 Å². The first-order chi connectivity index (χ1) is 12.8. The molecule has 0 aliphatic heterocycles. The van der Waals surface area contributed by atoms with E-state index in [9.17, 15) is 23.2 Å². The second kappa shape index (κ2) is 7.86. The van der Waals surface area contributed by atoms with Crippen LogP contribution in [0, 0.1) is 11.3 Å². The van der Waals surface area contributed by atoms with E-state index in [4.69, 9.17) is 0 Å². The highest BCUT2D eigenvalue weighted by molar-refractivity contribution is 5.83. The van der Waals surface area contributed by atoms with Gasteiger partial charge in [-0.25, -0.2) is 9.97 Å². The summed E-state index contributed by atoms with van der Waals surface area (Å²) >= 11 is 0. The number of rotatable bonds is 6. The lowest BCUT2D eigenvalue weighted by Crippen LogP contribution is -2.28. The molecule has 0 aliphatic carbocycles. The van der Waals surface area contributed by atoms with Crippen molar-refractivity contribution in [3.8, 4) is 6.07 Å². The largest absolute Gasteiger partial charge is 0.406 e. The third-order valence-corrected chi connectivity index (χ3v) is 3.57. The summed E-state index contributed by atoms with van der Waals surface area (Å²) < 4.78 is 39.9. The lowest BCUT2D eigenvalue weighted by atomic mass is 10.1. The summed E-state index contributed by atoms with van der Waals surface area (Å²) in [6.45, 7) is 7.75. The Bertz CT molecular complexity index is 1050. The summed E-state index contributed by atoms with van der Waals surface area (Å²) in [5.41, 5.74) is -0.476. The van der Waals surface area contributed by atoms with Crippen molar-refractivity contribution in [1.82, 2.24) is 19.1 Å². The maximum atomic E-state index is 12.7. The van der Waals surface area contributed by atoms with E-state index in [0.29, 0.717) is 10.1 Å². The standard InChI is InChI=1S/C18H16F3N5O/c1-4-7-12(9-22)13(6-3)15-24-14-16(26(15)8-5-2)23-11-25(17(14)27)10-18(19,20)21/h4-7,11H,2-3,8,10H2,1H3/b7-4-,13-12-. The minimum atomic E-state index is -4.57. The van der Waals surface area contributed by atoms with Crippen LogP contribution in [-0.4, -0.2) is 25.3 Å². The first kappa shape index (κ1) is 19.9. The van der Waals surface area contributed by atoms with Crippen LogP contribution in [-0.2, 0) is 13.1 Å². The Kier molecular flexibility index (Phi) is 5.80. The molecular weight excluding hydrogens is 359 g/mol. The Morgan fingerprint density at radius 1 is 1.41 bits per heavy atom. The zero-order valence-electron chi connectivity index (χ0n) is 14.5. The van der Waals surface area contributed by atoms with E-state index in [-0.39, 0.29) is 29.1 Å². The zero-order chi connectivity index (χ0) is 20.2. The molecule has 0 aliphatic rings. The number of hydrogen-bond donors (Lipinski definition) is 0. The molecule has 0 amide bonds. The number of fused-ring (bicyclic) bond motifs is 1. The van der Waals surface area contributed by atoms with Crippen molar-refractivity contribution in [2.45, 2.75) is 26.2 Å². The molecule has 0 fully saturated rings. The van der Waals surface area contributed by atoms with Crippen molar-refractivity contribution in [2.75, 3.05) is 0 Å². The van der Waals surface area contributed by atoms with Crippen molar-refractivity contribution < 1.29 is 13.2 Å². The second-order valence-electron chi connectivity index (χ2n) is 5.44. The van der Waals surface area contributed by atoms with Gasteiger partial charge in [-0.15, -0.1) is 6.58 Å². The predicted molar refractivity (Wildman–Crippen MR) is 95.6 cm³/mol. The molecule has 0 radical (unpaired) electrons. The fourth-order valence-electron chi connectivity index (χ4n) is 2.52. The third kappa shape index (κ3) is 4.06. The van der Waals surface area contributed by atoms with Crippen LogP contribution < -0.4 is 5.56 Å². The Labute approximate surface area is 152 Å². The normalized spacial score (nSPS) is 12.9. The van der Waals surface area contributed by atoms with Crippen molar-refractivity contribution in [1.29, 1.82) is 5.26 Å². The average molecular weight is 375 g/mol. The molecule has 0 unspecified atom stereocenters. The molecule has 0 N–H and O–H groups in total.